The first-order valence-corrected chi connectivity index (χ1v) is 49.6. The fraction of sp³-hybridized carbons (Fsp3) is 0.893. The molecule has 17 atom stereocenters. The molecule has 16 fully saturated rings. The minimum absolute atomic E-state index is 0.0197. The Balaban J connectivity index is 0.000000167. The summed E-state index contributed by atoms with van der Waals surface area (Å²) >= 11 is 0. The molecule has 0 aromatic heterocycles. The molecule has 17 unspecified atom stereocenters. The zero-order valence-corrected chi connectivity index (χ0v) is 82.2. The van der Waals surface area contributed by atoms with Gasteiger partial charge in [0.25, 0.3) is 0 Å². The number of hydrogen-bond acceptors (Lipinski definition) is 23. The fourth-order valence-electron chi connectivity index (χ4n) is 22.9. The van der Waals surface area contributed by atoms with Crippen LogP contribution >= 0.6 is 0 Å². The normalized spacial score (nSPS) is 33.3. The highest BCUT2D eigenvalue weighted by Gasteiger charge is 2.73. The van der Waals surface area contributed by atoms with E-state index in [0.29, 0.717) is 62.2 Å². The lowest BCUT2D eigenvalue weighted by molar-refractivity contribution is -0.264. The van der Waals surface area contributed by atoms with Gasteiger partial charge in [0.2, 0.25) is 0 Å². The minimum Gasteiger partial charge on any atom is -0.462 e. The molecule has 23 nitrogen and oxygen atoms in total. The summed E-state index contributed by atoms with van der Waals surface area (Å²) in [5.74, 6) is 2.54. The van der Waals surface area contributed by atoms with Crippen LogP contribution in [0.3, 0.4) is 0 Å². The average Bonchev–Trinajstić information content (AvgIpc) is 1.44. The molecule has 14 saturated carbocycles. The fourth-order valence-corrected chi connectivity index (χ4v) is 22.9. The van der Waals surface area contributed by atoms with Gasteiger partial charge in [-0.1, -0.05) is 87.5 Å². The summed E-state index contributed by atoms with van der Waals surface area (Å²) in [7, 11) is 0. The molecule has 14 aliphatic carbocycles. The summed E-state index contributed by atoms with van der Waals surface area (Å²) < 4.78 is 55.6. The van der Waals surface area contributed by atoms with Crippen LogP contribution in [0, 0.1) is 120 Å². The van der Waals surface area contributed by atoms with Gasteiger partial charge in [-0.2, -0.15) is 5.26 Å². The molecule has 16 aliphatic rings. The van der Waals surface area contributed by atoms with Gasteiger partial charge in [0.15, 0.2) is 12.0 Å². The molecule has 0 amide bonds. The number of nitrogens with zero attached hydrogens (tertiary/aromatic N) is 1. The van der Waals surface area contributed by atoms with E-state index < -0.39 is 75.2 Å². The molecule has 0 aromatic carbocycles. The molecule has 2 N–H and O–H groups in total. The summed E-state index contributed by atoms with van der Waals surface area (Å²) in [4.78, 5) is 120. The maximum absolute atomic E-state index is 12.4. The van der Waals surface area contributed by atoms with Crippen LogP contribution in [0.2, 0.25) is 0 Å². The number of carbonyl (C=O) groups is 10. The molecule has 2 saturated heterocycles. The van der Waals surface area contributed by atoms with Gasteiger partial charge < -0.3 is 57.6 Å². The SMILES string of the molecule is CCC(C)(C)C(=O)OC(C)(C)C1CCCCC1.CCC(C)(C)C(=O)OC12CC3CC(O)(CC(O)(C3)C1)C2.CCC(C)(C)C(=O)OC1C2CC3C(=O)OC1C3C2.CCC(C)(C)C(=O)OC1CC2CC1C1CCCC21.CCC(C)(C)C(=O)OC1CCCCC1.CCC(C)(C)C(=O)OCC(=O)OC1C2CC3C1OC(=O)C3(C#N)C2.CCC1(OC(=O)C(C)(C)CC)CCCC1. The van der Waals surface area contributed by atoms with Gasteiger partial charge in [-0.15, -0.1) is 0 Å². The second-order valence-electron chi connectivity index (χ2n) is 46.5. The highest BCUT2D eigenvalue weighted by atomic mass is 16.6. The number of fused-ring (bicyclic) bond motifs is 7. The van der Waals surface area contributed by atoms with Gasteiger partial charge in [-0.05, 0) is 332 Å². The Labute approximate surface area is 756 Å². The van der Waals surface area contributed by atoms with Crippen molar-refractivity contribution >= 4 is 59.7 Å². The van der Waals surface area contributed by atoms with E-state index in [4.69, 9.17) is 47.4 Å². The maximum atomic E-state index is 12.4. The van der Waals surface area contributed by atoms with Crippen molar-refractivity contribution in [1.29, 1.82) is 5.26 Å². The van der Waals surface area contributed by atoms with Gasteiger partial charge in [-0.25, -0.2) is 4.79 Å². The van der Waals surface area contributed by atoms with Crippen LogP contribution in [-0.2, 0) is 95.3 Å². The second kappa shape index (κ2) is 40.7. The van der Waals surface area contributed by atoms with Crippen molar-refractivity contribution in [2.75, 3.05) is 6.61 Å². The van der Waals surface area contributed by atoms with E-state index in [9.17, 15) is 63.4 Å². The van der Waals surface area contributed by atoms with E-state index in [1.807, 2.05) is 125 Å². The Morgan fingerprint density at radius 1 is 0.437 bits per heavy atom. The standard InChI is InChI=1S/C17H21NO6.C16H26O4.C16H26O2.C15H28O2.C14H20O4.C13H24O2.C12H22O2/c1-4-16(2,3)14(20)22-7-11(19)23-12-9-5-10-13(12)24-15(21)17(10,6-9)8-18;1-4-13(2,3)12(17)20-16-7-11-5-14(18,9-16)8-15(19,6-11)10-16;1-4-16(2,3)15(17)18-14-9-10-8-13(14)12-7-5-6-11(10)12;1-6-14(2,3)13(16)17-15(4,5)12-10-8-7-9-11-12;1-4-14(2,3)13(16)18-10-7-5-8-9(6-7)12(15)17-11(8)10;1-5-12(3,4)11(14)15-13(6-2)9-7-8-10-13;1-4-12(2,3)11(13)14-10-8-6-5-7-9-10/h9-10,12-13H,4-7H2,1-3H3;11,18-19H,4-10H2,1-3H3;10-14H,4-9H2,1-3H3;12H,6-11H2,1-5H3;7-11H,4-6H2,1-3H3;5-10H2,1-4H3;10H,4-9H2,1-3H3. The Morgan fingerprint density at radius 2 is 0.913 bits per heavy atom. The first-order valence-electron chi connectivity index (χ1n) is 49.6. The molecule has 0 aromatic rings. The van der Waals surface area contributed by atoms with E-state index >= 15 is 0 Å². The number of carbonyl (C=O) groups excluding carboxylic acids is 10. The van der Waals surface area contributed by atoms with Gasteiger partial charge in [0.05, 0.1) is 61.1 Å². The molecule has 16 rings (SSSR count). The second-order valence-corrected chi connectivity index (χ2v) is 46.5. The molecule has 23 heteroatoms. The van der Waals surface area contributed by atoms with Crippen LogP contribution in [0.5, 0.6) is 0 Å². The number of rotatable bonds is 25. The molecule has 2 aliphatic heterocycles. The van der Waals surface area contributed by atoms with Crippen LogP contribution in [0.25, 0.3) is 0 Å². The van der Waals surface area contributed by atoms with E-state index in [1.165, 1.54) is 89.9 Å². The summed E-state index contributed by atoms with van der Waals surface area (Å²) in [6.07, 6.45) is 35.3. The molecule has 716 valence electrons. The molecular weight excluding hydrogens is 1600 g/mol. The van der Waals surface area contributed by atoms with Crippen LogP contribution in [0.15, 0.2) is 0 Å². The van der Waals surface area contributed by atoms with Crippen molar-refractivity contribution in [1.82, 2.24) is 0 Å². The smallest absolute Gasteiger partial charge is 0.344 e. The number of esters is 10. The number of hydrogen-bond donors (Lipinski definition) is 2. The Hall–Kier alpha value is -5.89. The van der Waals surface area contributed by atoms with Gasteiger partial charge >= 0.3 is 59.7 Å². The van der Waals surface area contributed by atoms with Crippen LogP contribution in [-0.4, -0.2) is 141 Å². The molecule has 10 bridgehead atoms. The predicted octanol–water partition coefficient (Wildman–Crippen LogP) is 20.5. The molecule has 2 heterocycles. The molecule has 0 spiro atoms. The topological polar surface area (TPSA) is 327 Å². The predicted molar refractivity (Wildman–Crippen MR) is 477 cm³/mol. The molecule has 0 radical (unpaired) electrons. The van der Waals surface area contributed by atoms with Gasteiger partial charge in [-0.3, -0.25) is 43.2 Å². The summed E-state index contributed by atoms with van der Waals surface area (Å²) in [6, 6.07) is 2.10. The van der Waals surface area contributed by atoms with Crippen LogP contribution in [0.4, 0.5) is 0 Å². The third-order valence-electron chi connectivity index (χ3n) is 34.2. The van der Waals surface area contributed by atoms with Crippen molar-refractivity contribution in [2.45, 2.75) is 468 Å². The van der Waals surface area contributed by atoms with Crippen molar-refractivity contribution in [3.05, 3.63) is 0 Å². The van der Waals surface area contributed by atoms with Gasteiger partial charge in [0, 0.05) is 42.9 Å². The summed E-state index contributed by atoms with van der Waals surface area (Å²) in [5.41, 5.74) is -6.74. The summed E-state index contributed by atoms with van der Waals surface area (Å²) in [6.45, 7) is 46.6. The van der Waals surface area contributed by atoms with E-state index in [0.717, 1.165) is 127 Å². The largest absolute Gasteiger partial charge is 0.462 e. The number of nitriles is 1. The number of ether oxygens (including phenoxy) is 10. The van der Waals surface area contributed by atoms with E-state index in [1.54, 1.807) is 13.8 Å². The number of aliphatic hydroxyl groups is 2. The van der Waals surface area contributed by atoms with Gasteiger partial charge in [0.1, 0.15) is 53.4 Å². The highest BCUT2D eigenvalue weighted by molar-refractivity contribution is 5.85. The van der Waals surface area contributed by atoms with Crippen LogP contribution < -0.4 is 0 Å². The lowest BCUT2D eigenvalue weighted by Crippen LogP contribution is -2.67. The van der Waals surface area contributed by atoms with Crippen molar-refractivity contribution in [2.24, 2.45) is 108 Å². The third-order valence-corrected chi connectivity index (χ3v) is 34.2. The van der Waals surface area contributed by atoms with Crippen molar-refractivity contribution < 1.29 is 106 Å². The monoisotopic (exact) mass is 1770 g/mol. The average molecular weight is 1770 g/mol. The zero-order chi connectivity index (χ0) is 93.7. The first kappa shape index (κ1) is 104. The maximum Gasteiger partial charge on any atom is 0.344 e. The quantitative estimate of drug-likeness (QED) is 0.0633. The Morgan fingerprint density at radius 3 is 1.44 bits per heavy atom. The third kappa shape index (κ3) is 23.6. The summed E-state index contributed by atoms with van der Waals surface area (Å²) in [5, 5.41) is 30.6. The Bertz CT molecular complexity index is 3820. The van der Waals surface area contributed by atoms with E-state index in [2.05, 4.69) is 33.8 Å². The Kier molecular flexibility index (Phi) is 33.5. The lowest BCUT2D eigenvalue weighted by Gasteiger charge is -2.62. The van der Waals surface area contributed by atoms with Crippen molar-refractivity contribution in [3.8, 4) is 6.07 Å². The zero-order valence-electron chi connectivity index (χ0n) is 82.2. The van der Waals surface area contributed by atoms with Crippen molar-refractivity contribution in [3.63, 3.8) is 0 Å². The minimum atomic E-state index is -1.06. The lowest BCUT2D eigenvalue weighted by atomic mass is 9.50. The molecular formula is C103H167NO22. The molecule has 126 heavy (non-hydrogen) atoms. The van der Waals surface area contributed by atoms with Crippen LogP contribution in [0.1, 0.15) is 404 Å². The first-order chi connectivity index (χ1) is 58.6. The van der Waals surface area contributed by atoms with E-state index in [-0.39, 0.29) is 123 Å². The highest BCUT2D eigenvalue weighted by Crippen LogP contribution is 2.64.